The maximum atomic E-state index is 10.9. The zero-order valence-corrected chi connectivity index (χ0v) is 14.8. The molecule has 0 radical (unpaired) electrons. The second-order valence-electron chi connectivity index (χ2n) is 6.58. The average molecular weight is 325 g/mol. The number of carboxylic acids is 1. The van der Waals surface area contributed by atoms with Gasteiger partial charge in [0.1, 0.15) is 0 Å². The van der Waals surface area contributed by atoms with E-state index in [0.717, 1.165) is 13.0 Å². The van der Waals surface area contributed by atoms with Crippen LogP contribution in [0.5, 0.6) is 0 Å². The standard InChI is InChI=1S/C21H27NO2/c1-15-11-16(2)20(17(3)12-15)14-22-19(9-10-21(23)24)13-18-7-5-4-6-8-18/h4-8,11-12,19,22H,9-10,13-14H2,1-3H3,(H,23,24). The molecule has 2 aromatic carbocycles. The molecule has 2 N–H and O–H groups in total. The minimum atomic E-state index is -0.738. The van der Waals surface area contributed by atoms with Crippen molar-refractivity contribution in [3.8, 4) is 0 Å². The maximum absolute atomic E-state index is 10.9. The Bertz CT molecular complexity index is 656. The predicted molar refractivity (Wildman–Crippen MR) is 98.3 cm³/mol. The number of hydrogen-bond acceptors (Lipinski definition) is 2. The Morgan fingerprint density at radius 1 is 1.08 bits per heavy atom. The quantitative estimate of drug-likeness (QED) is 0.765. The van der Waals surface area contributed by atoms with Gasteiger partial charge in [-0.2, -0.15) is 0 Å². The van der Waals surface area contributed by atoms with Crippen LogP contribution in [0.1, 0.15) is 40.7 Å². The molecule has 0 saturated heterocycles. The molecule has 0 heterocycles. The van der Waals surface area contributed by atoms with Crippen molar-refractivity contribution in [2.24, 2.45) is 0 Å². The molecule has 0 aliphatic rings. The van der Waals surface area contributed by atoms with E-state index < -0.39 is 5.97 Å². The van der Waals surface area contributed by atoms with E-state index in [1.54, 1.807) is 0 Å². The van der Waals surface area contributed by atoms with Crippen molar-refractivity contribution in [1.82, 2.24) is 5.32 Å². The molecule has 128 valence electrons. The number of benzene rings is 2. The highest BCUT2D eigenvalue weighted by molar-refractivity contribution is 5.66. The molecule has 0 saturated carbocycles. The molecule has 1 unspecified atom stereocenters. The molecule has 2 aromatic rings. The molecule has 0 amide bonds. The second kappa shape index (κ2) is 8.65. The molecule has 0 bridgehead atoms. The van der Waals surface area contributed by atoms with Gasteiger partial charge >= 0.3 is 5.97 Å². The van der Waals surface area contributed by atoms with Crippen molar-refractivity contribution in [2.75, 3.05) is 0 Å². The van der Waals surface area contributed by atoms with Crippen LogP contribution in [0.15, 0.2) is 42.5 Å². The highest BCUT2D eigenvalue weighted by Crippen LogP contribution is 2.17. The number of hydrogen-bond donors (Lipinski definition) is 2. The van der Waals surface area contributed by atoms with E-state index in [-0.39, 0.29) is 12.5 Å². The molecule has 0 spiro atoms. The van der Waals surface area contributed by atoms with Gasteiger partial charge in [-0.1, -0.05) is 48.0 Å². The number of rotatable bonds is 8. The van der Waals surface area contributed by atoms with Crippen LogP contribution < -0.4 is 5.32 Å². The van der Waals surface area contributed by atoms with E-state index in [1.807, 2.05) is 18.2 Å². The number of aryl methyl sites for hydroxylation is 3. The first-order chi connectivity index (χ1) is 11.5. The largest absolute Gasteiger partial charge is 0.481 e. The molecule has 0 aliphatic carbocycles. The van der Waals surface area contributed by atoms with E-state index in [4.69, 9.17) is 5.11 Å². The Balaban J connectivity index is 2.06. The Hall–Kier alpha value is -2.13. The third-order valence-corrected chi connectivity index (χ3v) is 4.44. The maximum Gasteiger partial charge on any atom is 0.303 e. The zero-order valence-electron chi connectivity index (χ0n) is 14.8. The highest BCUT2D eigenvalue weighted by atomic mass is 16.4. The van der Waals surface area contributed by atoms with E-state index in [0.29, 0.717) is 6.42 Å². The Morgan fingerprint density at radius 3 is 2.29 bits per heavy atom. The summed E-state index contributed by atoms with van der Waals surface area (Å²) < 4.78 is 0. The van der Waals surface area contributed by atoms with E-state index in [9.17, 15) is 4.79 Å². The lowest BCUT2D eigenvalue weighted by Gasteiger charge is -2.20. The van der Waals surface area contributed by atoms with Crippen LogP contribution in [0.4, 0.5) is 0 Å². The summed E-state index contributed by atoms with van der Waals surface area (Å²) in [6.07, 6.45) is 1.67. The molecule has 3 heteroatoms. The summed E-state index contributed by atoms with van der Waals surface area (Å²) in [6.45, 7) is 7.16. The molecule has 0 aromatic heterocycles. The smallest absolute Gasteiger partial charge is 0.303 e. The van der Waals surface area contributed by atoms with Gasteiger partial charge in [-0.25, -0.2) is 0 Å². The molecule has 0 aliphatic heterocycles. The molecule has 3 nitrogen and oxygen atoms in total. The molecule has 2 rings (SSSR count). The SMILES string of the molecule is Cc1cc(C)c(CNC(CCC(=O)O)Cc2ccccc2)c(C)c1. The Morgan fingerprint density at radius 2 is 1.71 bits per heavy atom. The van der Waals surface area contributed by atoms with Gasteiger partial charge in [0, 0.05) is 19.0 Å². The normalized spacial score (nSPS) is 12.1. The molecule has 24 heavy (non-hydrogen) atoms. The summed E-state index contributed by atoms with van der Waals surface area (Å²) in [7, 11) is 0. The highest BCUT2D eigenvalue weighted by Gasteiger charge is 2.13. The summed E-state index contributed by atoms with van der Waals surface area (Å²) >= 11 is 0. The fraction of sp³-hybridized carbons (Fsp3) is 0.381. The van der Waals surface area contributed by atoms with Crippen LogP contribution >= 0.6 is 0 Å². The first-order valence-electron chi connectivity index (χ1n) is 8.51. The van der Waals surface area contributed by atoms with E-state index in [2.05, 4.69) is 50.4 Å². The minimum Gasteiger partial charge on any atom is -0.481 e. The molecular weight excluding hydrogens is 298 g/mol. The van der Waals surface area contributed by atoms with Crippen molar-refractivity contribution < 1.29 is 9.90 Å². The molecule has 1 atom stereocenters. The van der Waals surface area contributed by atoms with Crippen molar-refractivity contribution in [3.05, 3.63) is 70.3 Å². The van der Waals surface area contributed by atoms with E-state index >= 15 is 0 Å². The van der Waals surface area contributed by atoms with Gasteiger partial charge < -0.3 is 10.4 Å². The summed E-state index contributed by atoms with van der Waals surface area (Å²) in [5.41, 5.74) is 6.40. The lowest BCUT2D eigenvalue weighted by Crippen LogP contribution is -2.32. The second-order valence-corrected chi connectivity index (χ2v) is 6.58. The molecule has 0 fully saturated rings. The predicted octanol–water partition coefficient (Wildman–Crippen LogP) is 4.18. The van der Waals surface area contributed by atoms with Gasteiger partial charge in [0.15, 0.2) is 0 Å². The van der Waals surface area contributed by atoms with Gasteiger partial charge in [0.25, 0.3) is 0 Å². The van der Waals surface area contributed by atoms with Crippen LogP contribution in [-0.2, 0) is 17.8 Å². The first kappa shape index (κ1) is 18.2. The molecular formula is C21H27NO2. The number of carboxylic acid groups (broad SMARTS) is 1. The van der Waals surface area contributed by atoms with Crippen LogP contribution in [0.2, 0.25) is 0 Å². The van der Waals surface area contributed by atoms with Gasteiger partial charge in [-0.05, 0) is 55.9 Å². The van der Waals surface area contributed by atoms with Crippen molar-refractivity contribution in [3.63, 3.8) is 0 Å². The van der Waals surface area contributed by atoms with Crippen molar-refractivity contribution in [2.45, 2.75) is 52.6 Å². The van der Waals surface area contributed by atoms with Gasteiger partial charge in [-0.3, -0.25) is 4.79 Å². The summed E-state index contributed by atoms with van der Waals surface area (Å²) in [5, 5.41) is 12.6. The summed E-state index contributed by atoms with van der Waals surface area (Å²) in [5.74, 6) is -0.738. The van der Waals surface area contributed by atoms with Crippen LogP contribution in [-0.4, -0.2) is 17.1 Å². The number of nitrogens with one attached hydrogen (secondary N) is 1. The number of aliphatic carboxylic acids is 1. The van der Waals surface area contributed by atoms with Gasteiger partial charge in [0.05, 0.1) is 0 Å². The summed E-state index contributed by atoms with van der Waals surface area (Å²) in [4.78, 5) is 10.9. The summed E-state index contributed by atoms with van der Waals surface area (Å²) in [6, 6.07) is 14.8. The lowest BCUT2D eigenvalue weighted by atomic mass is 9.98. The van der Waals surface area contributed by atoms with Gasteiger partial charge in [0.2, 0.25) is 0 Å². The lowest BCUT2D eigenvalue weighted by molar-refractivity contribution is -0.137. The number of carbonyl (C=O) groups is 1. The third-order valence-electron chi connectivity index (χ3n) is 4.44. The fourth-order valence-electron chi connectivity index (χ4n) is 3.21. The van der Waals surface area contributed by atoms with E-state index in [1.165, 1.54) is 27.8 Å². The first-order valence-corrected chi connectivity index (χ1v) is 8.51. The van der Waals surface area contributed by atoms with Crippen LogP contribution in [0.25, 0.3) is 0 Å². The van der Waals surface area contributed by atoms with Crippen LogP contribution in [0.3, 0.4) is 0 Å². The Kier molecular flexibility index (Phi) is 6.56. The third kappa shape index (κ3) is 5.50. The fourth-order valence-corrected chi connectivity index (χ4v) is 3.21. The zero-order chi connectivity index (χ0) is 17.5. The Labute approximate surface area is 144 Å². The van der Waals surface area contributed by atoms with Crippen LogP contribution in [0, 0.1) is 20.8 Å². The topological polar surface area (TPSA) is 49.3 Å². The van der Waals surface area contributed by atoms with Crippen molar-refractivity contribution in [1.29, 1.82) is 0 Å². The van der Waals surface area contributed by atoms with Gasteiger partial charge in [-0.15, -0.1) is 0 Å². The minimum absolute atomic E-state index is 0.156. The van der Waals surface area contributed by atoms with Crippen molar-refractivity contribution >= 4 is 5.97 Å². The average Bonchev–Trinajstić information content (AvgIpc) is 2.52. The monoisotopic (exact) mass is 325 g/mol.